The molecule has 88 valence electrons. The topological polar surface area (TPSA) is 97.2 Å². The molecule has 0 spiro atoms. The van der Waals surface area contributed by atoms with E-state index >= 15 is 0 Å². The molecule has 1 heterocycles. The zero-order valence-corrected chi connectivity index (χ0v) is 10.1. The van der Waals surface area contributed by atoms with E-state index in [-0.39, 0.29) is 16.7 Å². The number of hydrogen-bond acceptors (Lipinski definition) is 5. The smallest absolute Gasteiger partial charge is 0.354 e. The number of halogens is 1. The van der Waals surface area contributed by atoms with Gasteiger partial charge in [-0.15, -0.1) is 0 Å². The molecule has 16 heavy (non-hydrogen) atoms. The van der Waals surface area contributed by atoms with E-state index in [1.54, 1.807) is 0 Å². The van der Waals surface area contributed by atoms with E-state index in [4.69, 9.17) is 16.7 Å². The Morgan fingerprint density at radius 3 is 2.50 bits per heavy atom. The van der Waals surface area contributed by atoms with Crippen LogP contribution in [0.2, 0.25) is 5.15 Å². The second-order valence-electron chi connectivity index (χ2n) is 3.21. The minimum Gasteiger partial charge on any atom is -0.477 e. The molecule has 0 saturated carbocycles. The van der Waals surface area contributed by atoms with E-state index < -0.39 is 21.1 Å². The molecule has 0 fully saturated rings. The SMILES string of the molecule is CC(c1nc(Cl)cc(C(=O)O)n1)S(C)(=O)=O. The summed E-state index contributed by atoms with van der Waals surface area (Å²) in [4.78, 5) is 18.0. The van der Waals surface area contributed by atoms with Crippen molar-refractivity contribution < 1.29 is 18.3 Å². The third-order valence-corrected chi connectivity index (χ3v) is 3.63. The lowest BCUT2D eigenvalue weighted by atomic mass is 10.3. The number of rotatable bonds is 3. The number of hydrogen-bond donors (Lipinski definition) is 1. The quantitative estimate of drug-likeness (QED) is 0.816. The predicted molar refractivity (Wildman–Crippen MR) is 57.3 cm³/mol. The van der Waals surface area contributed by atoms with Gasteiger partial charge in [0.05, 0.1) is 0 Å². The average molecular weight is 265 g/mol. The highest BCUT2D eigenvalue weighted by molar-refractivity contribution is 7.90. The minimum absolute atomic E-state index is 0.0992. The van der Waals surface area contributed by atoms with Gasteiger partial charge in [0.1, 0.15) is 16.2 Å². The molecule has 8 heteroatoms. The summed E-state index contributed by atoms with van der Waals surface area (Å²) >= 11 is 5.58. The Labute approximate surface area is 97.2 Å². The summed E-state index contributed by atoms with van der Waals surface area (Å²) in [7, 11) is -3.39. The first-order chi connectivity index (χ1) is 7.21. The second kappa shape index (κ2) is 4.34. The molecular formula is C8H9ClN2O4S. The molecule has 1 aromatic rings. The van der Waals surface area contributed by atoms with Gasteiger partial charge in [-0.25, -0.2) is 23.2 Å². The van der Waals surface area contributed by atoms with E-state index in [1.807, 2.05) is 0 Å². The van der Waals surface area contributed by atoms with Gasteiger partial charge in [0, 0.05) is 12.3 Å². The Kier molecular flexibility index (Phi) is 3.49. The Balaban J connectivity index is 3.31. The predicted octanol–water partition coefficient (Wildman–Crippen LogP) is 0.934. The maximum atomic E-state index is 11.3. The van der Waals surface area contributed by atoms with Crippen LogP contribution in [0.5, 0.6) is 0 Å². The molecule has 0 bridgehead atoms. The molecule has 1 aromatic heterocycles. The number of nitrogens with zero attached hydrogens (tertiary/aromatic N) is 2. The van der Waals surface area contributed by atoms with Gasteiger partial charge in [-0.3, -0.25) is 0 Å². The van der Waals surface area contributed by atoms with Gasteiger partial charge in [0.2, 0.25) is 0 Å². The standard InChI is InChI=1S/C8H9ClN2O4S/c1-4(16(2,14)15)7-10-5(8(12)13)3-6(9)11-7/h3-4H,1-2H3,(H,12,13). The minimum atomic E-state index is -3.39. The van der Waals surface area contributed by atoms with Crippen molar-refractivity contribution >= 4 is 27.4 Å². The molecule has 0 saturated heterocycles. The number of carboxylic acid groups (broad SMARTS) is 1. The van der Waals surface area contributed by atoms with Gasteiger partial charge in [0.15, 0.2) is 15.5 Å². The van der Waals surface area contributed by atoms with Crippen LogP contribution in [0, 0.1) is 0 Å². The Bertz CT molecular complexity index is 529. The molecule has 0 aliphatic heterocycles. The van der Waals surface area contributed by atoms with Gasteiger partial charge < -0.3 is 5.11 Å². The number of sulfone groups is 1. The van der Waals surface area contributed by atoms with Crippen LogP contribution in [0.1, 0.15) is 28.5 Å². The largest absolute Gasteiger partial charge is 0.477 e. The van der Waals surface area contributed by atoms with Crippen molar-refractivity contribution in [1.82, 2.24) is 9.97 Å². The lowest BCUT2D eigenvalue weighted by Crippen LogP contribution is -2.14. The molecule has 1 N–H and O–H groups in total. The fourth-order valence-electron chi connectivity index (χ4n) is 0.918. The van der Waals surface area contributed by atoms with Crippen molar-refractivity contribution in [3.63, 3.8) is 0 Å². The van der Waals surface area contributed by atoms with Crippen LogP contribution in [0.3, 0.4) is 0 Å². The van der Waals surface area contributed by atoms with Gasteiger partial charge in [-0.2, -0.15) is 0 Å². The van der Waals surface area contributed by atoms with Gasteiger partial charge in [-0.1, -0.05) is 11.6 Å². The normalized spacial score (nSPS) is 13.4. The van der Waals surface area contributed by atoms with E-state index in [1.165, 1.54) is 6.92 Å². The van der Waals surface area contributed by atoms with Gasteiger partial charge in [0.25, 0.3) is 0 Å². The van der Waals surface area contributed by atoms with Crippen molar-refractivity contribution in [2.24, 2.45) is 0 Å². The van der Waals surface area contributed by atoms with Crippen LogP contribution in [-0.2, 0) is 9.84 Å². The summed E-state index contributed by atoms with van der Waals surface area (Å²) in [6.45, 7) is 1.37. The molecule has 1 atom stereocenters. The fourth-order valence-corrected chi connectivity index (χ4v) is 1.60. The van der Waals surface area contributed by atoms with Crippen LogP contribution < -0.4 is 0 Å². The fraction of sp³-hybridized carbons (Fsp3) is 0.375. The summed E-state index contributed by atoms with van der Waals surface area (Å²) in [5.74, 6) is -1.40. The Morgan fingerprint density at radius 1 is 1.50 bits per heavy atom. The molecule has 6 nitrogen and oxygen atoms in total. The van der Waals surface area contributed by atoms with E-state index in [2.05, 4.69) is 9.97 Å². The monoisotopic (exact) mass is 264 g/mol. The van der Waals surface area contributed by atoms with Crippen LogP contribution in [-0.4, -0.2) is 35.7 Å². The zero-order valence-electron chi connectivity index (χ0n) is 8.51. The molecule has 1 rings (SSSR count). The Hall–Kier alpha value is -1.21. The van der Waals surface area contributed by atoms with Crippen molar-refractivity contribution in [2.75, 3.05) is 6.26 Å². The maximum absolute atomic E-state index is 11.3. The lowest BCUT2D eigenvalue weighted by molar-refractivity contribution is 0.0690. The molecule has 0 aliphatic carbocycles. The highest BCUT2D eigenvalue weighted by Crippen LogP contribution is 2.19. The molecule has 0 aliphatic rings. The van der Waals surface area contributed by atoms with E-state index in [0.29, 0.717) is 0 Å². The van der Waals surface area contributed by atoms with E-state index in [0.717, 1.165) is 12.3 Å². The second-order valence-corrected chi connectivity index (χ2v) is 5.96. The number of aromatic carboxylic acids is 1. The summed E-state index contributed by atoms with van der Waals surface area (Å²) in [5.41, 5.74) is -0.328. The van der Waals surface area contributed by atoms with Crippen LogP contribution in [0.15, 0.2) is 6.07 Å². The maximum Gasteiger partial charge on any atom is 0.354 e. The van der Waals surface area contributed by atoms with Gasteiger partial charge in [-0.05, 0) is 6.92 Å². The summed E-state index contributed by atoms with van der Waals surface area (Å²) < 4.78 is 22.5. The number of carboxylic acids is 1. The highest BCUT2D eigenvalue weighted by atomic mass is 35.5. The number of aromatic nitrogens is 2. The van der Waals surface area contributed by atoms with Crippen molar-refractivity contribution in [1.29, 1.82) is 0 Å². The van der Waals surface area contributed by atoms with Crippen molar-refractivity contribution in [3.05, 3.63) is 22.7 Å². The molecule has 1 unspecified atom stereocenters. The lowest BCUT2D eigenvalue weighted by Gasteiger charge is -2.08. The van der Waals surface area contributed by atoms with Crippen LogP contribution in [0.25, 0.3) is 0 Å². The first kappa shape index (κ1) is 12.9. The van der Waals surface area contributed by atoms with Crippen molar-refractivity contribution in [3.8, 4) is 0 Å². The highest BCUT2D eigenvalue weighted by Gasteiger charge is 2.22. The number of carbonyl (C=O) groups is 1. The Morgan fingerprint density at radius 2 is 2.06 bits per heavy atom. The zero-order chi connectivity index (χ0) is 12.5. The molecule has 0 aromatic carbocycles. The molecular weight excluding hydrogens is 256 g/mol. The first-order valence-electron chi connectivity index (χ1n) is 4.18. The van der Waals surface area contributed by atoms with Crippen molar-refractivity contribution in [2.45, 2.75) is 12.2 Å². The summed E-state index contributed by atoms with van der Waals surface area (Å²) in [6, 6.07) is 1.06. The third kappa shape index (κ3) is 2.89. The average Bonchev–Trinajstić information content (AvgIpc) is 2.14. The van der Waals surface area contributed by atoms with Crippen LogP contribution >= 0.6 is 11.6 Å². The van der Waals surface area contributed by atoms with Gasteiger partial charge >= 0.3 is 5.97 Å². The summed E-state index contributed by atoms with van der Waals surface area (Å²) in [6.07, 6.45) is 1.02. The van der Waals surface area contributed by atoms with Crippen LogP contribution in [0.4, 0.5) is 0 Å². The summed E-state index contributed by atoms with van der Waals surface area (Å²) in [5, 5.41) is 7.62. The van der Waals surface area contributed by atoms with E-state index in [9.17, 15) is 13.2 Å². The molecule has 0 radical (unpaired) electrons. The molecule has 0 amide bonds. The third-order valence-electron chi connectivity index (χ3n) is 1.94. The first-order valence-corrected chi connectivity index (χ1v) is 6.51.